The lowest BCUT2D eigenvalue weighted by atomic mass is 9.75. The molecule has 1 aliphatic rings. The average molecular weight is 463 g/mol. The van der Waals surface area contributed by atoms with Crippen LogP contribution >= 0.6 is 7.60 Å². The summed E-state index contributed by atoms with van der Waals surface area (Å²) >= 11 is 0. The Morgan fingerprint density at radius 3 is 2.22 bits per heavy atom. The Hall–Kier alpha value is -1.68. The predicted molar refractivity (Wildman–Crippen MR) is 128 cm³/mol. The Kier molecular flexibility index (Phi) is 8.19. The van der Waals surface area contributed by atoms with Crippen molar-refractivity contribution in [2.45, 2.75) is 85.0 Å². The van der Waals surface area contributed by atoms with E-state index in [9.17, 15) is 14.4 Å². The van der Waals surface area contributed by atoms with Crippen molar-refractivity contribution in [2.75, 3.05) is 0 Å². The van der Waals surface area contributed by atoms with E-state index < -0.39 is 7.60 Å². The Morgan fingerprint density at radius 2 is 1.69 bits per heavy atom. The Morgan fingerprint density at radius 1 is 1.06 bits per heavy atom. The molecule has 6 heteroatoms. The second-order valence-corrected chi connectivity index (χ2v) is 10.8. The normalized spacial score (nSPS) is 19.2. The zero-order chi connectivity index (χ0) is 23.5. The molecule has 0 aromatic heterocycles. The lowest BCUT2D eigenvalue weighted by Crippen LogP contribution is -2.15. The van der Waals surface area contributed by atoms with Gasteiger partial charge in [0.25, 0.3) is 0 Å². The fraction of sp³-hybridized carbons (Fsp3) is 0.538. The highest BCUT2D eigenvalue weighted by Crippen LogP contribution is 2.42. The summed E-state index contributed by atoms with van der Waals surface area (Å²) in [6.45, 7) is 7.64. The van der Waals surface area contributed by atoms with Gasteiger partial charge >= 0.3 is 7.60 Å². The monoisotopic (exact) mass is 462 g/mol. The van der Waals surface area contributed by atoms with Crippen molar-refractivity contribution in [2.24, 2.45) is 5.92 Å². The van der Waals surface area contributed by atoms with Crippen LogP contribution in [-0.4, -0.2) is 9.79 Å². The third-order valence-corrected chi connectivity index (χ3v) is 7.77. The fourth-order valence-electron chi connectivity index (χ4n) is 5.06. The largest absolute Gasteiger partial charge is 0.454 e. The first kappa shape index (κ1) is 25.0. The Labute approximate surface area is 191 Å². The predicted octanol–water partition coefficient (Wildman–Crippen LogP) is 7.06. The summed E-state index contributed by atoms with van der Waals surface area (Å²) in [5, 5.41) is -0.0561. The zero-order valence-corrected chi connectivity index (χ0v) is 20.6. The van der Waals surface area contributed by atoms with E-state index in [1.807, 2.05) is 13.0 Å². The van der Waals surface area contributed by atoms with E-state index in [2.05, 4.69) is 6.92 Å². The van der Waals surface area contributed by atoms with Crippen LogP contribution in [0.25, 0.3) is 0 Å². The van der Waals surface area contributed by atoms with Gasteiger partial charge in [0.1, 0.15) is 5.75 Å². The lowest BCUT2D eigenvalue weighted by Gasteiger charge is -2.30. The number of ether oxygens (including phenoxy) is 1. The van der Waals surface area contributed by atoms with Crippen LogP contribution in [0.5, 0.6) is 11.5 Å². The first-order chi connectivity index (χ1) is 15.2. The van der Waals surface area contributed by atoms with Gasteiger partial charge in [-0.2, -0.15) is 0 Å². The van der Waals surface area contributed by atoms with E-state index in [0.717, 1.165) is 29.9 Å². The number of unbranched alkanes of at least 4 members (excludes halogenated alkanes) is 1. The second kappa shape index (κ2) is 10.5. The molecule has 0 spiro atoms. The molecule has 0 aliphatic heterocycles. The van der Waals surface area contributed by atoms with Gasteiger partial charge in [0, 0.05) is 0 Å². The van der Waals surface area contributed by atoms with Crippen molar-refractivity contribution >= 4 is 12.9 Å². The van der Waals surface area contributed by atoms with Gasteiger partial charge < -0.3 is 14.5 Å². The van der Waals surface area contributed by atoms with Crippen molar-refractivity contribution in [3.8, 4) is 11.5 Å². The van der Waals surface area contributed by atoms with Crippen LogP contribution < -0.4 is 10.0 Å². The maximum Gasteiger partial charge on any atom is 0.356 e. The van der Waals surface area contributed by atoms with Crippen LogP contribution in [0.2, 0.25) is 0 Å². The van der Waals surface area contributed by atoms with Crippen molar-refractivity contribution in [1.29, 1.82) is 0 Å². The molecule has 0 saturated heterocycles. The molecule has 0 bridgehead atoms. The molecule has 0 atom stereocenters. The third kappa shape index (κ3) is 5.62. The van der Waals surface area contributed by atoms with Crippen LogP contribution in [0.1, 0.15) is 87.0 Å². The number of halogens is 1. The first-order valence-electron chi connectivity index (χ1n) is 11.8. The molecular weight excluding hydrogens is 426 g/mol. The van der Waals surface area contributed by atoms with Gasteiger partial charge in [0.15, 0.2) is 11.6 Å². The molecule has 1 fully saturated rings. The maximum atomic E-state index is 15.5. The minimum atomic E-state index is -4.36. The lowest BCUT2D eigenvalue weighted by molar-refractivity contribution is 0.303. The SMILES string of the molecule is CCCCC1CCC(c2ccc(Oc3c(C)cc(P(=O)(O)O)cc3C)c(F)c2CC)CC1. The molecule has 2 aromatic rings. The first-order valence-corrected chi connectivity index (χ1v) is 13.4. The van der Waals surface area contributed by atoms with Crippen LogP contribution in [0.3, 0.4) is 0 Å². The Bertz CT molecular complexity index is 967. The molecule has 3 rings (SSSR count). The van der Waals surface area contributed by atoms with Crippen molar-refractivity contribution < 1.29 is 23.5 Å². The van der Waals surface area contributed by atoms with E-state index in [4.69, 9.17) is 4.74 Å². The number of rotatable bonds is 8. The van der Waals surface area contributed by atoms with Gasteiger partial charge in [-0.1, -0.05) is 39.2 Å². The standard InChI is InChI=1S/C26H36FO4P/c1-5-7-8-19-9-11-20(12-10-19)23-13-14-24(25(27)22(23)6-2)31-26-17(3)15-21(16-18(26)4)32(28,29)30/h13-16,19-20H,5-12H2,1-4H3,(H2,28,29,30). The molecule has 176 valence electrons. The fourth-order valence-corrected chi connectivity index (χ4v) is 5.78. The molecule has 32 heavy (non-hydrogen) atoms. The van der Waals surface area contributed by atoms with Crippen LogP contribution in [-0.2, 0) is 11.0 Å². The molecule has 1 saturated carbocycles. The molecule has 0 radical (unpaired) electrons. The average Bonchev–Trinajstić information content (AvgIpc) is 2.75. The third-order valence-electron chi connectivity index (χ3n) is 6.84. The summed E-state index contributed by atoms with van der Waals surface area (Å²) in [6.07, 6.45) is 9.12. The minimum Gasteiger partial charge on any atom is -0.454 e. The van der Waals surface area contributed by atoms with Gasteiger partial charge in [-0.25, -0.2) is 4.39 Å². The summed E-state index contributed by atoms with van der Waals surface area (Å²) in [5.74, 6) is 1.49. The van der Waals surface area contributed by atoms with Crippen LogP contribution in [0.15, 0.2) is 24.3 Å². The number of hydrogen-bond donors (Lipinski definition) is 2. The summed E-state index contributed by atoms with van der Waals surface area (Å²) < 4.78 is 33.1. The smallest absolute Gasteiger partial charge is 0.356 e. The molecule has 0 heterocycles. The quantitative estimate of drug-likeness (QED) is 0.412. The molecular formula is C26H36FO4P. The molecule has 4 nitrogen and oxygen atoms in total. The Balaban J connectivity index is 1.83. The van der Waals surface area contributed by atoms with Gasteiger partial charge in [0.2, 0.25) is 0 Å². The summed E-state index contributed by atoms with van der Waals surface area (Å²) in [7, 11) is -4.36. The summed E-state index contributed by atoms with van der Waals surface area (Å²) in [5.41, 5.74) is 2.96. The second-order valence-electron chi connectivity index (χ2n) is 9.21. The molecule has 1 aliphatic carbocycles. The molecule has 0 unspecified atom stereocenters. The van der Waals surface area contributed by atoms with E-state index in [-0.39, 0.29) is 16.9 Å². The van der Waals surface area contributed by atoms with Gasteiger partial charge in [-0.05, 0) is 98.2 Å². The summed E-state index contributed by atoms with van der Waals surface area (Å²) in [6, 6.07) is 6.55. The number of benzene rings is 2. The van der Waals surface area contributed by atoms with E-state index in [1.54, 1.807) is 19.9 Å². The van der Waals surface area contributed by atoms with Gasteiger partial charge in [-0.15, -0.1) is 0 Å². The van der Waals surface area contributed by atoms with Crippen LogP contribution in [0, 0.1) is 25.6 Å². The minimum absolute atomic E-state index is 0.0561. The van der Waals surface area contributed by atoms with Gasteiger partial charge in [-0.3, -0.25) is 4.57 Å². The van der Waals surface area contributed by atoms with Gasteiger partial charge in [0.05, 0.1) is 5.30 Å². The molecule has 2 aromatic carbocycles. The molecule has 0 amide bonds. The summed E-state index contributed by atoms with van der Waals surface area (Å²) in [4.78, 5) is 18.9. The van der Waals surface area contributed by atoms with Crippen molar-refractivity contribution in [3.63, 3.8) is 0 Å². The number of hydrogen-bond acceptors (Lipinski definition) is 2. The van der Waals surface area contributed by atoms with Crippen LogP contribution in [0.4, 0.5) is 4.39 Å². The van der Waals surface area contributed by atoms with E-state index >= 15 is 4.39 Å². The highest BCUT2D eigenvalue weighted by atomic mass is 31.2. The van der Waals surface area contributed by atoms with Crippen molar-refractivity contribution in [1.82, 2.24) is 0 Å². The maximum absolute atomic E-state index is 15.5. The highest BCUT2D eigenvalue weighted by Gasteiger charge is 2.26. The molecule has 2 N–H and O–H groups in total. The highest BCUT2D eigenvalue weighted by molar-refractivity contribution is 7.60. The topological polar surface area (TPSA) is 66.8 Å². The van der Waals surface area contributed by atoms with E-state index in [0.29, 0.717) is 29.2 Å². The zero-order valence-electron chi connectivity index (χ0n) is 19.7. The van der Waals surface area contributed by atoms with Crippen molar-refractivity contribution in [3.05, 3.63) is 52.3 Å². The number of aryl methyl sites for hydroxylation is 2. The van der Waals surface area contributed by atoms with E-state index in [1.165, 1.54) is 44.2 Å².